The quantitative estimate of drug-likeness (QED) is 0.801. The van der Waals surface area contributed by atoms with Gasteiger partial charge < -0.3 is 14.2 Å². The molecule has 2 aliphatic rings. The molecule has 0 spiro atoms. The lowest BCUT2D eigenvalue weighted by atomic mass is 10.0. The molecule has 3 atom stereocenters. The fourth-order valence-electron chi connectivity index (χ4n) is 2.79. The van der Waals surface area contributed by atoms with Crippen LogP contribution in [0.2, 0.25) is 0 Å². The number of carbonyl (C=O) groups is 2. The van der Waals surface area contributed by atoms with Crippen molar-refractivity contribution in [2.75, 3.05) is 13.2 Å². The van der Waals surface area contributed by atoms with Gasteiger partial charge in [-0.15, -0.1) is 0 Å². The number of nitrogens with zero attached hydrogens (tertiary/aromatic N) is 1. The number of imide groups is 1. The summed E-state index contributed by atoms with van der Waals surface area (Å²) in [5.74, 6) is -0.518. The Morgan fingerprint density at radius 2 is 2.05 bits per heavy atom. The van der Waals surface area contributed by atoms with E-state index in [2.05, 4.69) is 0 Å². The van der Waals surface area contributed by atoms with Gasteiger partial charge >= 0.3 is 6.09 Å². The summed E-state index contributed by atoms with van der Waals surface area (Å²) in [6.07, 6.45) is 2.55. The van der Waals surface area contributed by atoms with Crippen LogP contribution >= 0.6 is 0 Å². The van der Waals surface area contributed by atoms with Crippen LogP contribution in [0.15, 0.2) is 0 Å². The molecule has 0 aromatic carbocycles. The van der Waals surface area contributed by atoms with E-state index in [0.717, 1.165) is 19.3 Å². The minimum absolute atomic E-state index is 0.211. The molecule has 0 N–H and O–H groups in total. The number of rotatable bonds is 3. The SMILES string of the molecule is CC(OC1CCCCO1)C1CCN(C(=O)OC(C)(C)C)C1=O. The van der Waals surface area contributed by atoms with E-state index in [9.17, 15) is 9.59 Å². The molecule has 22 heavy (non-hydrogen) atoms. The van der Waals surface area contributed by atoms with E-state index in [0.29, 0.717) is 19.6 Å². The third kappa shape index (κ3) is 4.43. The monoisotopic (exact) mass is 313 g/mol. The molecule has 2 fully saturated rings. The average molecular weight is 313 g/mol. The van der Waals surface area contributed by atoms with E-state index in [-0.39, 0.29) is 24.2 Å². The maximum absolute atomic E-state index is 12.4. The topological polar surface area (TPSA) is 65.1 Å². The molecule has 126 valence electrons. The standard InChI is InChI=1S/C16H27NO5/c1-11(21-13-7-5-6-10-20-13)12-8-9-17(14(12)18)15(19)22-16(2,3)4/h11-13H,5-10H2,1-4H3. The maximum atomic E-state index is 12.4. The van der Waals surface area contributed by atoms with E-state index in [1.165, 1.54) is 4.90 Å². The Hall–Kier alpha value is -1.14. The summed E-state index contributed by atoms with van der Waals surface area (Å²) >= 11 is 0. The van der Waals surface area contributed by atoms with Crippen LogP contribution in [0.4, 0.5) is 4.79 Å². The first-order chi connectivity index (χ1) is 10.3. The van der Waals surface area contributed by atoms with Crippen LogP contribution in [0.1, 0.15) is 53.4 Å². The van der Waals surface area contributed by atoms with Crippen LogP contribution in [0.3, 0.4) is 0 Å². The summed E-state index contributed by atoms with van der Waals surface area (Å²) < 4.78 is 16.7. The Bertz CT molecular complexity index is 411. The number of carbonyl (C=O) groups excluding carboxylic acids is 2. The van der Waals surface area contributed by atoms with E-state index < -0.39 is 11.7 Å². The maximum Gasteiger partial charge on any atom is 0.417 e. The second-order valence-corrected chi connectivity index (χ2v) is 7.00. The molecule has 6 nitrogen and oxygen atoms in total. The zero-order valence-corrected chi connectivity index (χ0v) is 14.0. The fourth-order valence-corrected chi connectivity index (χ4v) is 2.79. The van der Waals surface area contributed by atoms with Crippen molar-refractivity contribution in [1.29, 1.82) is 0 Å². The van der Waals surface area contributed by atoms with Gasteiger partial charge in [0.25, 0.3) is 0 Å². The molecular formula is C16H27NO5. The summed E-state index contributed by atoms with van der Waals surface area (Å²) in [4.78, 5) is 25.7. The van der Waals surface area contributed by atoms with Gasteiger partial charge in [0.2, 0.25) is 5.91 Å². The summed E-state index contributed by atoms with van der Waals surface area (Å²) in [7, 11) is 0. The Morgan fingerprint density at radius 1 is 1.32 bits per heavy atom. The third-order valence-corrected chi connectivity index (χ3v) is 3.93. The minimum atomic E-state index is -0.604. The third-order valence-electron chi connectivity index (χ3n) is 3.93. The summed E-state index contributed by atoms with van der Waals surface area (Å²) in [5.41, 5.74) is -0.604. The summed E-state index contributed by atoms with van der Waals surface area (Å²) in [6, 6.07) is 0. The molecule has 0 aromatic rings. The number of hydrogen-bond acceptors (Lipinski definition) is 5. The van der Waals surface area contributed by atoms with Crippen molar-refractivity contribution in [2.45, 2.75) is 71.4 Å². The average Bonchev–Trinajstić information content (AvgIpc) is 2.80. The molecule has 2 rings (SSSR count). The van der Waals surface area contributed by atoms with Crippen LogP contribution < -0.4 is 0 Å². The molecule has 0 radical (unpaired) electrons. The predicted octanol–water partition coefficient (Wildman–Crippen LogP) is 2.70. The molecule has 2 aliphatic heterocycles. The first-order valence-electron chi connectivity index (χ1n) is 8.09. The number of ether oxygens (including phenoxy) is 3. The van der Waals surface area contributed by atoms with Gasteiger partial charge in [-0.05, 0) is 53.4 Å². The van der Waals surface area contributed by atoms with Crippen LogP contribution in [-0.2, 0) is 19.0 Å². The lowest BCUT2D eigenvalue weighted by molar-refractivity contribution is -0.194. The second kappa shape index (κ2) is 6.96. The minimum Gasteiger partial charge on any atom is -0.443 e. The van der Waals surface area contributed by atoms with E-state index >= 15 is 0 Å². The molecule has 3 unspecified atom stereocenters. The van der Waals surface area contributed by atoms with Crippen molar-refractivity contribution in [3.05, 3.63) is 0 Å². The molecule has 6 heteroatoms. The van der Waals surface area contributed by atoms with Gasteiger partial charge in [-0.2, -0.15) is 0 Å². The zero-order valence-electron chi connectivity index (χ0n) is 14.0. The molecule has 2 heterocycles. The van der Waals surface area contributed by atoms with Crippen molar-refractivity contribution in [3.63, 3.8) is 0 Å². The second-order valence-electron chi connectivity index (χ2n) is 7.00. The Kier molecular flexibility index (Phi) is 5.45. The Balaban J connectivity index is 1.88. The number of hydrogen-bond donors (Lipinski definition) is 0. The first-order valence-corrected chi connectivity index (χ1v) is 8.09. The largest absolute Gasteiger partial charge is 0.443 e. The van der Waals surface area contributed by atoms with Gasteiger partial charge in [0.05, 0.1) is 12.0 Å². The zero-order chi connectivity index (χ0) is 16.3. The van der Waals surface area contributed by atoms with Crippen molar-refractivity contribution < 1.29 is 23.8 Å². The highest BCUT2D eigenvalue weighted by atomic mass is 16.7. The van der Waals surface area contributed by atoms with Gasteiger partial charge in [0.15, 0.2) is 6.29 Å². The molecule has 2 amide bonds. The van der Waals surface area contributed by atoms with Crippen LogP contribution in [0.5, 0.6) is 0 Å². The van der Waals surface area contributed by atoms with Crippen LogP contribution in [0, 0.1) is 5.92 Å². The predicted molar refractivity (Wildman–Crippen MR) is 80.2 cm³/mol. The van der Waals surface area contributed by atoms with Crippen LogP contribution in [-0.4, -0.2) is 48.0 Å². The summed E-state index contributed by atoms with van der Waals surface area (Å²) in [5, 5.41) is 0. The highest BCUT2D eigenvalue weighted by Gasteiger charge is 2.41. The van der Waals surface area contributed by atoms with E-state index in [1.807, 2.05) is 6.92 Å². The first kappa shape index (κ1) is 17.2. The van der Waals surface area contributed by atoms with Crippen molar-refractivity contribution in [2.24, 2.45) is 5.92 Å². The van der Waals surface area contributed by atoms with Crippen molar-refractivity contribution in [1.82, 2.24) is 4.90 Å². The highest BCUT2D eigenvalue weighted by Crippen LogP contribution is 2.27. The molecule has 0 saturated carbocycles. The van der Waals surface area contributed by atoms with Crippen molar-refractivity contribution >= 4 is 12.0 Å². The Labute approximate surface area is 132 Å². The number of amides is 2. The highest BCUT2D eigenvalue weighted by molar-refractivity contribution is 5.95. The van der Waals surface area contributed by atoms with Gasteiger partial charge in [-0.1, -0.05) is 0 Å². The Morgan fingerprint density at radius 3 is 2.64 bits per heavy atom. The molecule has 0 bridgehead atoms. The number of likely N-dealkylation sites (tertiary alicyclic amines) is 1. The lowest BCUT2D eigenvalue weighted by Crippen LogP contribution is -2.40. The smallest absolute Gasteiger partial charge is 0.417 e. The molecular weight excluding hydrogens is 286 g/mol. The van der Waals surface area contributed by atoms with Crippen molar-refractivity contribution in [3.8, 4) is 0 Å². The molecule has 2 saturated heterocycles. The van der Waals surface area contributed by atoms with E-state index in [1.54, 1.807) is 20.8 Å². The van der Waals surface area contributed by atoms with Gasteiger partial charge in [-0.3, -0.25) is 4.79 Å². The van der Waals surface area contributed by atoms with E-state index in [4.69, 9.17) is 14.2 Å². The molecule has 0 aliphatic carbocycles. The molecule has 0 aromatic heterocycles. The normalized spacial score (nSPS) is 27.8. The fraction of sp³-hybridized carbons (Fsp3) is 0.875. The lowest BCUT2D eigenvalue weighted by Gasteiger charge is -2.28. The summed E-state index contributed by atoms with van der Waals surface area (Å²) in [6.45, 7) is 8.33. The van der Waals surface area contributed by atoms with Gasteiger partial charge in [0, 0.05) is 13.2 Å². The van der Waals surface area contributed by atoms with Gasteiger partial charge in [0.1, 0.15) is 5.60 Å². The van der Waals surface area contributed by atoms with Crippen LogP contribution in [0.25, 0.3) is 0 Å². The van der Waals surface area contributed by atoms with Gasteiger partial charge in [-0.25, -0.2) is 9.69 Å².